The maximum absolute atomic E-state index is 11.9. The smallest absolute Gasteiger partial charge is 0.325 e. The second-order valence-electron chi connectivity index (χ2n) is 4.99. The minimum absolute atomic E-state index is 0.0232. The number of hydrogen-bond acceptors (Lipinski definition) is 8. The van der Waals surface area contributed by atoms with Gasteiger partial charge in [0.25, 0.3) is 0 Å². The number of rotatable bonds is 11. The van der Waals surface area contributed by atoms with Gasteiger partial charge in [-0.1, -0.05) is 0 Å². The third-order valence-corrected chi connectivity index (χ3v) is 3.20. The first-order valence-corrected chi connectivity index (χ1v) is 7.81. The Morgan fingerprint density at radius 3 is 2.42 bits per heavy atom. The first-order chi connectivity index (χ1) is 11.2. The molecule has 0 aliphatic rings. The van der Waals surface area contributed by atoms with Crippen LogP contribution in [0.15, 0.2) is 0 Å². The fraction of sp³-hybridized carbons (Fsp3) is 0.692. The van der Waals surface area contributed by atoms with Crippen molar-refractivity contribution in [2.24, 2.45) is 5.73 Å². The molecular formula is C13H23N3O7S. The third kappa shape index (κ3) is 9.33. The Kier molecular flexibility index (Phi) is 10.8. The van der Waals surface area contributed by atoms with Crippen LogP contribution in [0.4, 0.5) is 0 Å². The topological polar surface area (TPSA) is 168 Å². The molecule has 11 heteroatoms. The van der Waals surface area contributed by atoms with Gasteiger partial charge < -0.3 is 31.3 Å². The van der Waals surface area contributed by atoms with Crippen molar-refractivity contribution in [3.05, 3.63) is 0 Å². The maximum atomic E-state index is 11.9. The summed E-state index contributed by atoms with van der Waals surface area (Å²) in [5.74, 6) is -3.18. The number of carboxylic acids is 1. The number of ether oxygens (including phenoxy) is 1. The van der Waals surface area contributed by atoms with Crippen molar-refractivity contribution < 1.29 is 34.1 Å². The van der Waals surface area contributed by atoms with Crippen molar-refractivity contribution in [2.45, 2.75) is 38.0 Å². The van der Waals surface area contributed by atoms with E-state index in [1.54, 1.807) is 0 Å². The van der Waals surface area contributed by atoms with Gasteiger partial charge in [0, 0.05) is 12.2 Å². The van der Waals surface area contributed by atoms with Crippen LogP contribution in [-0.2, 0) is 23.9 Å². The Morgan fingerprint density at radius 1 is 1.29 bits per heavy atom. The van der Waals surface area contributed by atoms with E-state index in [0.29, 0.717) is 0 Å². The first-order valence-electron chi connectivity index (χ1n) is 7.17. The van der Waals surface area contributed by atoms with E-state index in [9.17, 15) is 19.2 Å². The number of carbonyl (C=O) groups is 4. The predicted octanol–water partition coefficient (Wildman–Crippen LogP) is -2.37. The number of amides is 2. The van der Waals surface area contributed by atoms with Gasteiger partial charge in [0.1, 0.15) is 24.7 Å². The average molecular weight is 365 g/mol. The molecule has 0 aromatic carbocycles. The Labute approximate surface area is 144 Å². The molecule has 2 unspecified atom stereocenters. The number of hydrogen-bond donors (Lipinski definition) is 6. The molecule has 0 rings (SSSR count). The number of nitrogens with two attached hydrogens (primary N) is 1. The predicted molar refractivity (Wildman–Crippen MR) is 86.3 cm³/mol. The summed E-state index contributed by atoms with van der Waals surface area (Å²) in [4.78, 5) is 45.5. The van der Waals surface area contributed by atoms with Crippen LogP contribution in [0.1, 0.15) is 19.8 Å². The van der Waals surface area contributed by atoms with Gasteiger partial charge in [-0.3, -0.25) is 19.2 Å². The summed E-state index contributed by atoms with van der Waals surface area (Å²) in [5, 5.41) is 22.0. The zero-order valence-electron chi connectivity index (χ0n) is 13.2. The van der Waals surface area contributed by atoms with Crippen LogP contribution in [0.25, 0.3) is 0 Å². The molecule has 0 spiro atoms. The van der Waals surface area contributed by atoms with E-state index in [1.807, 2.05) is 0 Å². The number of carbonyl (C=O) groups excluding carboxylic acids is 3. The van der Waals surface area contributed by atoms with E-state index in [4.69, 9.17) is 20.7 Å². The number of esters is 1. The molecule has 0 aromatic rings. The summed E-state index contributed by atoms with van der Waals surface area (Å²) in [6.07, 6.45) is -0.928. The summed E-state index contributed by atoms with van der Waals surface area (Å²) >= 11 is 3.94. The molecule has 10 nitrogen and oxygen atoms in total. The molecule has 0 aliphatic carbocycles. The summed E-state index contributed by atoms with van der Waals surface area (Å²) in [7, 11) is 0. The summed E-state index contributed by atoms with van der Waals surface area (Å²) in [5.41, 5.74) is 5.28. The molecule has 0 saturated heterocycles. The van der Waals surface area contributed by atoms with Gasteiger partial charge in [0.05, 0.1) is 6.61 Å². The fourth-order valence-electron chi connectivity index (χ4n) is 1.46. The molecule has 6 N–H and O–H groups in total. The van der Waals surface area contributed by atoms with E-state index < -0.39 is 48.5 Å². The van der Waals surface area contributed by atoms with Gasteiger partial charge in [0.15, 0.2) is 0 Å². The lowest BCUT2D eigenvalue weighted by Crippen LogP contribution is -2.49. The van der Waals surface area contributed by atoms with Crippen LogP contribution in [0.3, 0.4) is 0 Å². The molecule has 24 heavy (non-hydrogen) atoms. The van der Waals surface area contributed by atoms with Crippen molar-refractivity contribution >= 4 is 36.4 Å². The van der Waals surface area contributed by atoms with E-state index in [2.05, 4.69) is 23.3 Å². The monoisotopic (exact) mass is 365 g/mol. The second-order valence-corrected chi connectivity index (χ2v) is 5.35. The number of carboxylic acid groups (broad SMARTS) is 1. The van der Waals surface area contributed by atoms with Crippen molar-refractivity contribution in [1.82, 2.24) is 10.6 Å². The molecule has 2 amide bonds. The Morgan fingerprint density at radius 2 is 1.92 bits per heavy atom. The maximum Gasteiger partial charge on any atom is 0.325 e. The molecular weight excluding hydrogens is 342 g/mol. The van der Waals surface area contributed by atoms with Gasteiger partial charge in [-0.2, -0.15) is 12.6 Å². The first kappa shape index (κ1) is 22.1. The highest BCUT2D eigenvalue weighted by Gasteiger charge is 2.21. The van der Waals surface area contributed by atoms with Gasteiger partial charge in [-0.15, -0.1) is 0 Å². The Balaban J connectivity index is 4.27. The van der Waals surface area contributed by atoms with Crippen molar-refractivity contribution in [2.75, 3.05) is 18.9 Å². The van der Waals surface area contributed by atoms with Crippen molar-refractivity contribution in [3.8, 4) is 0 Å². The number of thiol groups is 1. The molecule has 0 radical (unpaired) electrons. The molecule has 0 aromatic heterocycles. The molecule has 3 atom stereocenters. The van der Waals surface area contributed by atoms with Crippen LogP contribution in [-0.4, -0.2) is 71.1 Å². The molecule has 0 aliphatic heterocycles. The molecule has 0 heterocycles. The molecule has 0 bridgehead atoms. The fourth-order valence-corrected chi connectivity index (χ4v) is 1.71. The minimum atomic E-state index is -1.22. The lowest BCUT2D eigenvalue weighted by atomic mass is 10.1. The highest BCUT2D eigenvalue weighted by molar-refractivity contribution is 7.80. The number of aliphatic hydroxyl groups excluding tert-OH is 1. The Bertz CT molecular complexity index is 461. The van der Waals surface area contributed by atoms with Crippen LogP contribution < -0.4 is 16.4 Å². The van der Waals surface area contributed by atoms with Crippen LogP contribution in [0.5, 0.6) is 0 Å². The van der Waals surface area contributed by atoms with E-state index in [0.717, 1.165) is 0 Å². The highest BCUT2D eigenvalue weighted by atomic mass is 32.1. The summed E-state index contributed by atoms with van der Waals surface area (Å²) in [6, 6.07) is -2.16. The second kappa shape index (κ2) is 11.6. The van der Waals surface area contributed by atoms with Gasteiger partial charge in [-0.25, -0.2) is 0 Å². The molecule has 0 fully saturated rings. The number of nitrogens with one attached hydrogen (secondary N) is 2. The standard InChI is InChI=1S/C13H23N3O7S/c1-7(5-17)23-11(19)4-15-12(20)9(6-24)16-10(18)3-2-8(14)13(21)22/h7-9,17,24H,2-6,14H2,1H3,(H,15,20)(H,16,18)(H,21,22)/t7-,8?,9?/m0/s1. The summed E-state index contributed by atoms with van der Waals surface area (Å²) in [6.45, 7) is 0.721. The normalized spacial score (nSPS) is 14.2. The average Bonchev–Trinajstić information content (AvgIpc) is 2.54. The zero-order valence-corrected chi connectivity index (χ0v) is 14.1. The van der Waals surface area contributed by atoms with E-state index >= 15 is 0 Å². The largest absolute Gasteiger partial charge is 0.480 e. The van der Waals surface area contributed by atoms with Crippen LogP contribution in [0, 0.1) is 0 Å². The van der Waals surface area contributed by atoms with Gasteiger partial charge >= 0.3 is 11.9 Å². The SMILES string of the molecule is C[C@@H](CO)OC(=O)CNC(=O)C(CS)NC(=O)CCC(N)C(=O)O. The Hall–Kier alpha value is -1.85. The quantitative estimate of drug-likeness (QED) is 0.174. The molecule has 138 valence electrons. The summed E-state index contributed by atoms with van der Waals surface area (Å²) < 4.78 is 4.75. The number of aliphatic hydroxyl groups is 1. The lowest BCUT2D eigenvalue weighted by Gasteiger charge is -2.17. The minimum Gasteiger partial charge on any atom is -0.480 e. The van der Waals surface area contributed by atoms with Crippen molar-refractivity contribution in [1.29, 1.82) is 0 Å². The lowest BCUT2D eigenvalue weighted by molar-refractivity contribution is -0.150. The van der Waals surface area contributed by atoms with Gasteiger partial charge in [0.2, 0.25) is 11.8 Å². The zero-order chi connectivity index (χ0) is 18.7. The highest BCUT2D eigenvalue weighted by Crippen LogP contribution is 1.97. The van der Waals surface area contributed by atoms with E-state index in [-0.39, 0.29) is 25.2 Å². The number of aliphatic carboxylic acids is 1. The third-order valence-electron chi connectivity index (χ3n) is 2.83. The van der Waals surface area contributed by atoms with Crippen LogP contribution >= 0.6 is 12.6 Å². The van der Waals surface area contributed by atoms with Crippen molar-refractivity contribution in [3.63, 3.8) is 0 Å². The van der Waals surface area contributed by atoms with Gasteiger partial charge in [-0.05, 0) is 13.3 Å². The van der Waals surface area contributed by atoms with Crippen LogP contribution in [0.2, 0.25) is 0 Å². The van der Waals surface area contributed by atoms with E-state index in [1.165, 1.54) is 6.92 Å². The molecule has 0 saturated carbocycles.